The van der Waals surface area contributed by atoms with Crippen molar-refractivity contribution in [3.63, 3.8) is 0 Å². The van der Waals surface area contributed by atoms with Crippen LogP contribution in [0.3, 0.4) is 0 Å². The normalized spacial score (nSPS) is 10.5. The molecule has 1 aromatic carbocycles. The Morgan fingerprint density at radius 2 is 1.90 bits per heavy atom. The van der Waals surface area contributed by atoms with Crippen molar-refractivity contribution >= 4 is 33.5 Å². The van der Waals surface area contributed by atoms with Gasteiger partial charge in [-0.15, -0.1) is 0 Å². The van der Waals surface area contributed by atoms with Crippen molar-refractivity contribution in [1.29, 1.82) is 0 Å². The van der Waals surface area contributed by atoms with Crippen molar-refractivity contribution in [2.75, 3.05) is 5.32 Å². The second-order valence-electron chi connectivity index (χ2n) is 5.01. The van der Waals surface area contributed by atoms with Gasteiger partial charge in [0, 0.05) is 28.6 Å². The lowest BCUT2D eigenvalue weighted by atomic mass is 10.2. The number of aromatic nitrogens is 2. The molecule has 2 N–H and O–H groups in total. The summed E-state index contributed by atoms with van der Waals surface area (Å²) in [7, 11) is 0. The second-order valence-corrected chi connectivity index (χ2v) is 5.92. The summed E-state index contributed by atoms with van der Waals surface area (Å²) in [6.45, 7) is 5.81. The third kappa shape index (κ3) is 4.26. The summed E-state index contributed by atoms with van der Waals surface area (Å²) >= 11 is 3.42. The maximum absolute atomic E-state index is 11.8. The van der Waals surface area contributed by atoms with Gasteiger partial charge in [0.15, 0.2) is 0 Å². The fraction of sp³-hybridized carbons (Fsp3) is 0.267. The Hall–Kier alpha value is -1.95. The molecule has 0 saturated heterocycles. The Morgan fingerprint density at radius 3 is 2.48 bits per heavy atom. The van der Waals surface area contributed by atoms with Crippen LogP contribution in [-0.4, -0.2) is 21.9 Å². The molecular formula is C15H17BrN4O. The van der Waals surface area contributed by atoms with Gasteiger partial charge in [-0.3, -0.25) is 4.79 Å². The van der Waals surface area contributed by atoms with Gasteiger partial charge in [0.1, 0.15) is 0 Å². The molecule has 0 aliphatic heterocycles. The van der Waals surface area contributed by atoms with E-state index in [1.54, 1.807) is 0 Å². The molecule has 5 nitrogen and oxygen atoms in total. The predicted molar refractivity (Wildman–Crippen MR) is 86.8 cm³/mol. The number of carbonyl (C=O) groups is 1. The van der Waals surface area contributed by atoms with Gasteiger partial charge in [-0.2, -0.15) is 0 Å². The topological polar surface area (TPSA) is 66.9 Å². The molecule has 6 heteroatoms. The van der Waals surface area contributed by atoms with E-state index in [0.717, 1.165) is 15.7 Å². The van der Waals surface area contributed by atoms with Crippen molar-refractivity contribution in [1.82, 2.24) is 15.3 Å². The van der Waals surface area contributed by atoms with E-state index in [-0.39, 0.29) is 11.9 Å². The van der Waals surface area contributed by atoms with Crippen LogP contribution in [-0.2, 0) is 0 Å². The lowest BCUT2D eigenvalue weighted by molar-refractivity contribution is 0.0942. The van der Waals surface area contributed by atoms with Gasteiger partial charge in [0.25, 0.3) is 5.91 Å². The number of hydrogen-bond acceptors (Lipinski definition) is 4. The molecule has 0 saturated carbocycles. The maximum atomic E-state index is 11.8. The number of hydrogen-bond donors (Lipinski definition) is 2. The molecule has 21 heavy (non-hydrogen) atoms. The van der Waals surface area contributed by atoms with Crippen molar-refractivity contribution in [2.45, 2.75) is 26.8 Å². The monoisotopic (exact) mass is 348 g/mol. The summed E-state index contributed by atoms with van der Waals surface area (Å²) in [4.78, 5) is 20.1. The summed E-state index contributed by atoms with van der Waals surface area (Å²) in [5.74, 6) is 0.290. The van der Waals surface area contributed by atoms with Gasteiger partial charge < -0.3 is 10.6 Å². The Kier molecular flexibility index (Phi) is 4.90. The number of carbonyl (C=O) groups excluding carboxylic acids is 1. The average Bonchev–Trinajstić information content (AvgIpc) is 2.42. The summed E-state index contributed by atoms with van der Waals surface area (Å²) in [5, 5.41) is 5.93. The number of amides is 1. The van der Waals surface area contributed by atoms with Crippen LogP contribution in [0, 0.1) is 6.92 Å². The standard InChI is InChI=1S/C15H17BrN4O/c1-9(2)19-14(21)11-7-17-15(18-8-11)20-13-5-4-12(16)6-10(13)3/h4-9H,1-3H3,(H,19,21)(H,17,18,20). The summed E-state index contributed by atoms with van der Waals surface area (Å²) < 4.78 is 1.02. The van der Waals surface area contributed by atoms with Crippen LogP contribution in [0.1, 0.15) is 29.8 Å². The fourth-order valence-corrected chi connectivity index (χ4v) is 2.22. The van der Waals surface area contributed by atoms with Crippen molar-refractivity contribution in [3.8, 4) is 0 Å². The van der Waals surface area contributed by atoms with Gasteiger partial charge in [0.05, 0.1) is 5.56 Å². The zero-order valence-electron chi connectivity index (χ0n) is 12.1. The molecule has 0 radical (unpaired) electrons. The van der Waals surface area contributed by atoms with Crippen molar-refractivity contribution in [2.24, 2.45) is 0 Å². The molecule has 1 heterocycles. The molecule has 2 aromatic rings. The van der Waals surface area contributed by atoms with Crippen LogP contribution in [0.5, 0.6) is 0 Å². The van der Waals surface area contributed by atoms with E-state index < -0.39 is 0 Å². The highest BCUT2D eigenvalue weighted by Crippen LogP contribution is 2.22. The maximum Gasteiger partial charge on any atom is 0.254 e. The second kappa shape index (κ2) is 6.67. The van der Waals surface area contributed by atoms with Crippen LogP contribution < -0.4 is 10.6 Å². The van der Waals surface area contributed by atoms with Crippen molar-refractivity contribution in [3.05, 3.63) is 46.2 Å². The minimum absolute atomic E-state index is 0.0840. The molecule has 110 valence electrons. The highest BCUT2D eigenvalue weighted by atomic mass is 79.9. The molecule has 2 rings (SSSR count). The van der Waals surface area contributed by atoms with E-state index in [1.807, 2.05) is 39.0 Å². The zero-order valence-corrected chi connectivity index (χ0v) is 13.7. The molecule has 1 aromatic heterocycles. The summed E-state index contributed by atoms with van der Waals surface area (Å²) in [6.07, 6.45) is 3.03. The van der Waals surface area contributed by atoms with Crippen LogP contribution in [0.2, 0.25) is 0 Å². The lowest BCUT2D eigenvalue weighted by Crippen LogP contribution is -2.30. The van der Waals surface area contributed by atoms with E-state index in [1.165, 1.54) is 12.4 Å². The number of rotatable bonds is 4. The zero-order chi connectivity index (χ0) is 15.4. The van der Waals surface area contributed by atoms with E-state index in [9.17, 15) is 4.79 Å². The molecule has 0 fully saturated rings. The van der Waals surface area contributed by atoms with Crippen LogP contribution >= 0.6 is 15.9 Å². The van der Waals surface area contributed by atoms with E-state index in [2.05, 4.69) is 36.5 Å². The molecule has 0 spiro atoms. The Bertz CT molecular complexity index is 641. The van der Waals surface area contributed by atoms with Gasteiger partial charge in [0.2, 0.25) is 5.95 Å². The first-order valence-electron chi connectivity index (χ1n) is 6.62. The Balaban J connectivity index is 2.10. The summed E-state index contributed by atoms with van der Waals surface area (Å²) in [5.41, 5.74) is 2.45. The number of nitrogens with zero attached hydrogens (tertiary/aromatic N) is 2. The van der Waals surface area contributed by atoms with Crippen LogP contribution in [0.4, 0.5) is 11.6 Å². The number of benzene rings is 1. The van der Waals surface area contributed by atoms with Crippen LogP contribution in [0.25, 0.3) is 0 Å². The molecule has 0 bridgehead atoms. The molecular weight excluding hydrogens is 332 g/mol. The fourth-order valence-electron chi connectivity index (χ4n) is 1.74. The van der Waals surface area contributed by atoms with E-state index >= 15 is 0 Å². The molecule has 0 atom stereocenters. The number of anilines is 2. The molecule has 0 aliphatic carbocycles. The molecule has 1 amide bonds. The Morgan fingerprint density at radius 1 is 1.24 bits per heavy atom. The van der Waals surface area contributed by atoms with Crippen LogP contribution in [0.15, 0.2) is 35.1 Å². The average molecular weight is 349 g/mol. The highest BCUT2D eigenvalue weighted by molar-refractivity contribution is 9.10. The lowest BCUT2D eigenvalue weighted by Gasteiger charge is -2.10. The Labute approximate surface area is 132 Å². The first-order valence-corrected chi connectivity index (χ1v) is 7.41. The number of aryl methyl sites for hydroxylation is 1. The molecule has 0 aliphatic rings. The minimum Gasteiger partial charge on any atom is -0.350 e. The largest absolute Gasteiger partial charge is 0.350 e. The predicted octanol–water partition coefficient (Wildman–Crippen LogP) is 3.43. The first-order chi connectivity index (χ1) is 9.95. The smallest absolute Gasteiger partial charge is 0.254 e. The third-order valence-electron chi connectivity index (χ3n) is 2.77. The molecule has 0 unspecified atom stereocenters. The number of nitrogens with one attached hydrogen (secondary N) is 2. The SMILES string of the molecule is Cc1cc(Br)ccc1Nc1ncc(C(=O)NC(C)C)cn1. The van der Waals surface area contributed by atoms with E-state index in [0.29, 0.717) is 11.5 Å². The van der Waals surface area contributed by atoms with Gasteiger partial charge >= 0.3 is 0 Å². The summed E-state index contributed by atoms with van der Waals surface area (Å²) in [6, 6.07) is 5.98. The highest BCUT2D eigenvalue weighted by Gasteiger charge is 2.08. The van der Waals surface area contributed by atoms with Gasteiger partial charge in [-0.1, -0.05) is 15.9 Å². The quantitative estimate of drug-likeness (QED) is 0.888. The van der Waals surface area contributed by atoms with Gasteiger partial charge in [-0.05, 0) is 44.5 Å². The van der Waals surface area contributed by atoms with Crippen molar-refractivity contribution < 1.29 is 4.79 Å². The third-order valence-corrected chi connectivity index (χ3v) is 3.26. The van der Waals surface area contributed by atoms with Gasteiger partial charge in [-0.25, -0.2) is 9.97 Å². The van der Waals surface area contributed by atoms with E-state index in [4.69, 9.17) is 0 Å². The minimum atomic E-state index is -0.170. The number of halogens is 1. The first kappa shape index (κ1) is 15.4.